The monoisotopic (exact) mass is 285 g/mol. The first-order valence-corrected chi connectivity index (χ1v) is 6.88. The number of nitrogens with zero attached hydrogens (tertiary/aromatic N) is 1. The number of aromatic nitrogens is 2. The van der Waals surface area contributed by atoms with Crippen LogP contribution in [0.2, 0.25) is 0 Å². The molecule has 0 bridgehead atoms. The molecule has 8 heteroatoms. The van der Waals surface area contributed by atoms with Gasteiger partial charge in [0, 0.05) is 12.4 Å². The zero-order valence-electron chi connectivity index (χ0n) is 9.80. The molecule has 102 valence electrons. The highest BCUT2D eigenvalue weighted by molar-refractivity contribution is 7.89. The highest BCUT2D eigenvalue weighted by atomic mass is 32.2. The predicted molar refractivity (Wildman–Crippen MR) is 64.9 cm³/mol. The second-order valence-corrected chi connectivity index (χ2v) is 5.52. The van der Waals surface area contributed by atoms with Crippen molar-refractivity contribution in [3.8, 4) is 0 Å². The van der Waals surface area contributed by atoms with Crippen LogP contribution >= 0.6 is 0 Å². The van der Waals surface area contributed by atoms with Crippen LogP contribution in [0.15, 0.2) is 35.5 Å². The quantitative estimate of drug-likeness (QED) is 0.746. The molecule has 2 rings (SSSR count). The molecule has 1 heterocycles. The largest absolute Gasteiger partial charge is 0.392 e. The Labute approximate surface area is 109 Å². The predicted octanol–water partition coefficient (Wildman–Crippen LogP) is 0.520. The summed E-state index contributed by atoms with van der Waals surface area (Å²) in [4.78, 5) is 6.08. The average molecular weight is 285 g/mol. The molecule has 0 atom stereocenters. The van der Waals surface area contributed by atoms with Crippen molar-refractivity contribution in [3.63, 3.8) is 0 Å². The first-order valence-electron chi connectivity index (χ1n) is 5.40. The minimum absolute atomic E-state index is 0.0713. The minimum Gasteiger partial charge on any atom is -0.392 e. The molecule has 0 radical (unpaired) electrons. The summed E-state index contributed by atoms with van der Waals surface area (Å²) in [6, 6.07) is 3.42. The van der Waals surface area contributed by atoms with Gasteiger partial charge in [0.05, 0.1) is 13.2 Å². The first kappa shape index (κ1) is 13.7. The fraction of sp³-hybridized carbons (Fsp3) is 0.182. The highest BCUT2D eigenvalue weighted by Crippen LogP contribution is 2.16. The van der Waals surface area contributed by atoms with Crippen LogP contribution < -0.4 is 4.72 Å². The summed E-state index contributed by atoms with van der Waals surface area (Å²) >= 11 is 0. The zero-order valence-corrected chi connectivity index (χ0v) is 10.6. The molecule has 6 nitrogen and oxygen atoms in total. The SMILES string of the molecule is O=S(=O)(NCc1ncc[nH]1)c1cc(CO)ccc1F. The van der Waals surface area contributed by atoms with Crippen LogP contribution in [0, 0.1) is 5.82 Å². The van der Waals surface area contributed by atoms with Gasteiger partial charge in [-0.2, -0.15) is 0 Å². The summed E-state index contributed by atoms with van der Waals surface area (Å²) in [5.41, 5.74) is 0.319. The minimum atomic E-state index is -4.00. The third-order valence-corrected chi connectivity index (χ3v) is 3.87. The Morgan fingerprint density at radius 3 is 2.84 bits per heavy atom. The Balaban J connectivity index is 2.23. The molecule has 0 unspecified atom stereocenters. The number of aliphatic hydroxyl groups excluding tert-OH is 1. The lowest BCUT2D eigenvalue weighted by molar-refractivity contribution is 0.281. The summed E-state index contributed by atoms with van der Waals surface area (Å²) < 4.78 is 39.7. The van der Waals surface area contributed by atoms with E-state index in [2.05, 4.69) is 14.7 Å². The molecule has 0 fully saturated rings. The van der Waals surface area contributed by atoms with Gasteiger partial charge in [0.25, 0.3) is 0 Å². The van der Waals surface area contributed by atoms with Gasteiger partial charge >= 0.3 is 0 Å². The molecule has 3 N–H and O–H groups in total. The van der Waals surface area contributed by atoms with Gasteiger partial charge < -0.3 is 10.1 Å². The molecule has 0 spiro atoms. The summed E-state index contributed by atoms with van der Waals surface area (Å²) in [5, 5.41) is 8.95. The number of hydrogen-bond donors (Lipinski definition) is 3. The van der Waals surface area contributed by atoms with Crippen LogP contribution in [0.1, 0.15) is 11.4 Å². The molecule has 0 saturated heterocycles. The second-order valence-electron chi connectivity index (χ2n) is 3.78. The van der Waals surface area contributed by atoms with Crippen LogP contribution in [0.4, 0.5) is 4.39 Å². The van der Waals surface area contributed by atoms with Crippen molar-refractivity contribution in [1.82, 2.24) is 14.7 Å². The fourth-order valence-electron chi connectivity index (χ4n) is 1.49. The molecule has 0 saturated carbocycles. The van der Waals surface area contributed by atoms with E-state index in [1.807, 2.05) is 0 Å². The number of sulfonamides is 1. The van der Waals surface area contributed by atoms with E-state index in [4.69, 9.17) is 5.11 Å². The first-order chi connectivity index (χ1) is 9.03. The van der Waals surface area contributed by atoms with E-state index < -0.39 is 20.7 Å². The van der Waals surface area contributed by atoms with E-state index in [0.717, 1.165) is 12.1 Å². The number of H-pyrrole nitrogens is 1. The Kier molecular flexibility index (Phi) is 3.93. The Bertz CT molecular complexity index is 656. The molecule has 0 amide bonds. The van der Waals surface area contributed by atoms with E-state index in [0.29, 0.717) is 11.4 Å². The molecule has 0 aliphatic carbocycles. The Morgan fingerprint density at radius 2 is 2.21 bits per heavy atom. The number of benzene rings is 1. The van der Waals surface area contributed by atoms with Crippen LogP contribution in [0.5, 0.6) is 0 Å². The molecule has 0 aliphatic rings. The standard InChI is InChI=1S/C11H12FN3O3S/c12-9-2-1-8(7-16)5-10(9)19(17,18)15-6-11-13-3-4-14-11/h1-5,15-16H,6-7H2,(H,13,14). The Morgan fingerprint density at radius 1 is 1.42 bits per heavy atom. The number of imidazole rings is 1. The van der Waals surface area contributed by atoms with Crippen molar-refractivity contribution in [2.24, 2.45) is 0 Å². The smallest absolute Gasteiger partial charge is 0.243 e. The number of rotatable bonds is 5. The van der Waals surface area contributed by atoms with E-state index >= 15 is 0 Å². The molecule has 19 heavy (non-hydrogen) atoms. The summed E-state index contributed by atoms with van der Waals surface area (Å²) in [7, 11) is -4.00. The van der Waals surface area contributed by atoms with Crippen molar-refractivity contribution in [2.75, 3.05) is 0 Å². The number of halogens is 1. The van der Waals surface area contributed by atoms with E-state index in [1.165, 1.54) is 12.3 Å². The van der Waals surface area contributed by atoms with Crippen molar-refractivity contribution in [1.29, 1.82) is 0 Å². The molecule has 1 aromatic heterocycles. The van der Waals surface area contributed by atoms with Gasteiger partial charge in [-0.25, -0.2) is 22.5 Å². The van der Waals surface area contributed by atoms with Crippen molar-refractivity contribution in [2.45, 2.75) is 18.0 Å². The van der Waals surface area contributed by atoms with Gasteiger partial charge in [0.2, 0.25) is 10.0 Å². The molecule has 0 aliphatic heterocycles. The van der Waals surface area contributed by atoms with Gasteiger partial charge in [-0.1, -0.05) is 6.07 Å². The van der Waals surface area contributed by atoms with Crippen LogP contribution in [0.25, 0.3) is 0 Å². The van der Waals surface area contributed by atoms with Crippen LogP contribution in [-0.4, -0.2) is 23.5 Å². The molecular weight excluding hydrogens is 273 g/mol. The molecule has 2 aromatic rings. The number of aromatic amines is 1. The van der Waals surface area contributed by atoms with Crippen molar-refractivity contribution >= 4 is 10.0 Å². The summed E-state index contributed by atoms with van der Waals surface area (Å²) in [6.45, 7) is -0.431. The van der Waals surface area contributed by atoms with Gasteiger partial charge in [-0.15, -0.1) is 0 Å². The van der Waals surface area contributed by atoms with E-state index in [-0.39, 0.29) is 13.2 Å². The topological polar surface area (TPSA) is 95.1 Å². The summed E-state index contributed by atoms with van der Waals surface area (Å²) in [6.07, 6.45) is 3.03. The third-order valence-electron chi connectivity index (χ3n) is 2.45. The summed E-state index contributed by atoms with van der Waals surface area (Å²) in [5.74, 6) is -0.452. The van der Waals surface area contributed by atoms with Crippen molar-refractivity contribution < 1.29 is 17.9 Å². The second kappa shape index (κ2) is 5.47. The van der Waals surface area contributed by atoms with Crippen LogP contribution in [-0.2, 0) is 23.2 Å². The van der Waals surface area contributed by atoms with Crippen LogP contribution in [0.3, 0.4) is 0 Å². The lowest BCUT2D eigenvalue weighted by atomic mass is 10.2. The molecule has 1 aromatic carbocycles. The number of nitrogens with one attached hydrogen (secondary N) is 2. The van der Waals surface area contributed by atoms with Gasteiger partial charge in [0.15, 0.2) is 0 Å². The lowest BCUT2D eigenvalue weighted by Gasteiger charge is -2.07. The van der Waals surface area contributed by atoms with Gasteiger partial charge in [0.1, 0.15) is 16.5 Å². The maximum atomic E-state index is 13.5. The van der Waals surface area contributed by atoms with Gasteiger partial charge in [-0.3, -0.25) is 0 Å². The number of hydrogen-bond acceptors (Lipinski definition) is 4. The van der Waals surface area contributed by atoms with Crippen molar-refractivity contribution in [3.05, 3.63) is 47.8 Å². The fourth-order valence-corrected chi connectivity index (χ4v) is 2.60. The maximum absolute atomic E-state index is 13.5. The number of aliphatic hydroxyl groups is 1. The average Bonchev–Trinajstić information content (AvgIpc) is 2.90. The van der Waals surface area contributed by atoms with Gasteiger partial charge in [-0.05, 0) is 17.7 Å². The maximum Gasteiger partial charge on any atom is 0.243 e. The lowest BCUT2D eigenvalue weighted by Crippen LogP contribution is -2.25. The Hall–Kier alpha value is -1.77. The third kappa shape index (κ3) is 3.16. The normalized spacial score (nSPS) is 11.7. The highest BCUT2D eigenvalue weighted by Gasteiger charge is 2.19. The molecular formula is C11H12FN3O3S. The van der Waals surface area contributed by atoms with E-state index in [1.54, 1.807) is 6.20 Å². The van der Waals surface area contributed by atoms with E-state index in [9.17, 15) is 12.8 Å². The zero-order chi connectivity index (χ0) is 13.9.